The Balaban J connectivity index is 1.87. The van der Waals surface area contributed by atoms with Gasteiger partial charge in [0.15, 0.2) is 0 Å². The summed E-state index contributed by atoms with van der Waals surface area (Å²) in [6, 6.07) is 5.08. The van der Waals surface area contributed by atoms with Crippen LogP contribution in [0.4, 0.5) is 5.69 Å². The van der Waals surface area contributed by atoms with E-state index >= 15 is 0 Å². The Morgan fingerprint density at radius 2 is 1.91 bits per heavy atom. The minimum absolute atomic E-state index is 0.0512. The summed E-state index contributed by atoms with van der Waals surface area (Å²) in [6.45, 7) is 1.45. The van der Waals surface area contributed by atoms with Gasteiger partial charge in [-0.3, -0.25) is 9.59 Å². The quantitative estimate of drug-likeness (QED) is 0.706. The summed E-state index contributed by atoms with van der Waals surface area (Å²) in [7, 11) is 3.08. The maximum atomic E-state index is 11.9. The van der Waals surface area contributed by atoms with Crippen molar-refractivity contribution in [1.29, 1.82) is 0 Å². The number of rotatable bonds is 6. The van der Waals surface area contributed by atoms with Crippen molar-refractivity contribution in [2.24, 2.45) is 5.92 Å². The summed E-state index contributed by atoms with van der Waals surface area (Å²) in [6.07, 6.45) is 0.806. The summed E-state index contributed by atoms with van der Waals surface area (Å²) in [5, 5.41) is 8.47. The van der Waals surface area contributed by atoms with Gasteiger partial charge in [-0.15, -0.1) is 0 Å². The molecule has 0 aliphatic carbocycles. The van der Waals surface area contributed by atoms with Crippen molar-refractivity contribution >= 4 is 17.5 Å². The van der Waals surface area contributed by atoms with Crippen LogP contribution in [-0.4, -0.2) is 45.7 Å². The fourth-order valence-corrected chi connectivity index (χ4v) is 2.27. The first-order valence-corrected chi connectivity index (χ1v) is 7.13. The van der Waals surface area contributed by atoms with Gasteiger partial charge in [0.2, 0.25) is 11.8 Å². The summed E-state index contributed by atoms with van der Waals surface area (Å²) in [4.78, 5) is 23.7. The predicted octanol–water partition coefficient (Wildman–Crippen LogP) is 0.368. The van der Waals surface area contributed by atoms with E-state index in [-0.39, 0.29) is 24.3 Å². The Bertz CT molecular complexity index is 519. The standard InChI is InChI=1S/C15H21N3O4/c1-21-12-5-11(6-13(7-12)22-2)18-14(19)9-17-15(20)10-3-4-16-8-10/h5-7,10,16H,3-4,8-9H2,1-2H3,(H,17,20)(H,18,19). The van der Waals surface area contributed by atoms with E-state index in [1.54, 1.807) is 18.2 Å². The second-order valence-corrected chi connectivity index (χ2v) is 5.06. The van der Waals surface area contributed by atoms with Crippen LogP contribution in [0.15, 0.2) is 18.2 Å². The molecule has 0 radical (unpaired) electrons. The van der Waals surface area contributed by atoms with Gasteiger partial charge in [0.05, 0.1) is 26.7 Å². The number of benzene rings is 1. The monoisotopic (exact) mass is 307 g/mol. The van der Waals surface area contributed by atoms with Gasteiger partial charge in [0.25, 0.3) is 0 Å². The van der Waals surface area contributed by atoms with E-state index in [4.69, 9.17) is 9.47 Å². The lowest BCUT2D eigenvalue weighted by Crippen LogP contribution is -2.37. The van der Waals surface area contributed by atoms with Crippen molar-refractivity contribution in [1.82, 2.24) is 10.6 Å². The maximum absolute atomic E-state index is 11.9. The van der Waals surface area contributed by atoms with Crippen molar-refractivity contribution in [3.05, 3.63) is 18.2 Å². The van der Waals surface area contributed by atoms with Crippen LogP contribution >= 0.6 is 0 Å². The highest BCUT2D eigenvalue weighted by Gasteiger charge is 2.22. The van der Waals surface area contributed by atoms with Gasteiger partial charge in [0, 0.05) is 30.4 Å². The minimum atomic E-state index is -0.297. The average molecular weight is 307 g/mol. The summed E-state index contributed by atoms with van der Waals surface area (Å²) in [5.74, 6) is 0.717. The van der Waals surface area contributed by atoms with Crippen LogP contribution in [0.5, 0.6) is 11.5 Å². The number of hydrogen-bond donors (Lipinski definition) is 3. The van der Waals surface area contributed by atoms with E-state index in [0.717, 1.165) is 13.0 Å². The van der Waals surface area contributed by atoms with E-state index in [1.165, 1.54) is 14.2 Å². The molecule has 0 saturated carbocycles. The third-order valence-corrected chi connectivity index (χ3v) is 3.49. The van der Waals surface area contributed by atoms with Gasteiger partial charge < -0.3 is 25.4 Å². The zero-order valence-electron chi connectivity index (χ0n) is 12.8. The summed E-state index contributed by atoms with van der Waals surface area (Å²) >= 11 is 0. The number of methoxy groups -OCH3 is 2. The van der Waals surface area contributed by atoms with Gasteiger partial charge >= 0.3 is 0 Å². The van der Waals surface area contributed by atoms with Crippen molar-refractivity contribution in [3.63, 3.8) is 0 Å². The average Bonchev–Trinajstić information content (AvgIpc) is 3.06. The second-order valence-electron chi connectivity index (χ2n) is 5.06. The highest BCUT2D eigenvalue weighted by atomic mass is 16.5. The molecule has 2 rings (SSSR count). The minimum Gasteiger partial charge on any atom is -0.497 e. The van der Waals surface area contributed by atoms with Crippen LogP contribution in [0.3, 0.4) is 0 Å². The molecular formula is C15H21N3O4. The second kappa shape index (κ2) is 7.65. The summed E-state index contributed by atoms with van der Waals surface area (Å²) < 4.78 is 10.3. The van der Waals surface area contributed by atoms with Crippen LogP contribution in [-0.2, 0) is 9.59 Å². The third kappa shape index (κ3) is 4.36. The van der Waals surface area contributed by atoms with Gasteiger partial charge in [-0.1, -0.05) is 0 Å². The van der Waals surface area contributed by atoms with E-state index in [1.807, 2.05) is 0 Å². The molecule has 1 aromatic carbocycles. The lowest BCUT2D eigenvalue weighted by atomic mass is 10.1. The predicted molar refractivity (Wildman–Crippen MR) is 82.2 cm³/mol. The van der Waals surface area contributed by atoms with Crippen LogP contribution in [0.2, 0.25) is 0 Å². The number of nitrogens with one attached hydrogen (secondary N) is 3. The van der Waals surface area contributed by atoms with E-state index in [0.29, 0.717) is 23.7 Å². The molecule has 7 heteroatoms. The topological polar surface area (TPSA) is 88.7 Å². The smallest absolute Gasteiger partial charge is 0.243 e. The molecule has 1 atom stereocenters. The van der Waals surface area contributed by atoms with Crippen molar-refractivity contribution in [3.8, 4) is 11.5 Å². The van der Waals surface area contributed by atoms with Crippen LogP contribution in [0.1, 0.15) is 6.42 Å². The molecule has 7 nitrogen and oxygen atoms in total. The molecule has 0 bridgehead atoms. The van der Waals surface area contributed by atoms with Crippen LogP contribution in [0.25, 0.3) is 0 Å². The molecule has 2 amide bonds. The fourth-order valence-electron chi connectivity index (χ4n) is 2.27. The SMILES string of the molecule is COc1cc(NC(=O)CNC(=O)C2CCNC2)cc(OC)c1. The fraction of sp³-hybridized carbons (Fsp3) is 0.467. The Hall–Kier alpha value is -2.28. The molecule has 0 aromatic heterocycles. The number of carbonyl (C=O) groups excluding carboxylic acids is 2. The number of ether oxygens (including phenoxy) is 2. The number of amides is 2. The Morgan fingerprint density at radius 1 is 1.23 bits per heavy atom. The molecule has 120 valence electrons. The maximum Gasteiger partial charge on any atom is 0.243 e. The molecule has 1 fully saturated rings. The number of hydrogen-bond acceptors (Lipinski definition) is 5. The zero-order chi connectivity index (χ0) is 15.9. The van der Waals surface area contributed by atoms with Crippen molar-refractivity contribution in [2.75, 3.05) is 39.2 Å². The zero-order valence-corrected chi connectivity index (χ0v) is 12.8. The summed E-state index contributed by atoms with van der Waals surface area (Å²) in [5.41, 5.74) is 0.554. The van der Waals surface area contributed by atoms with Gasteiger partial charge in [-0.2, -0.15) is 0 Å². The first-order chi connectivity index (χ1) is 10.6. The highest BCUT2D eigenvalue weighted by Crippen LogP contribution is 2.25. The normalized spacial score (nSPS) is 16.9. The van der Waals surface area contributed by atoms with Gasteiger partial charge in [-0.25, -0.2) is 0 Å². The highest BCUT2D eigenvalue weighted by molar-refractivity contribution is 5.95. The lowest BCUT2D eigenvalue weighted by Gasteiger charge is -2.12. The first-order valence-electron chi connectivity index (χ1n) is 7.13. The van der Waals surface area contributed by atoms with Gasteiger partial charge in [-0.05, 0) is 13.0 Å². The van der Waals surface area contributed by atoms with Crippen LogP contribution in [0, 0.1) is 5.92 Å². The lowest BCUT2D eigenvalue weighted by molar-refractivity contribution is -0.126. The molecule has 22 heavy (non-hydrogen) atoms. The van der Waals surface area contributed by atoms with Gasteiger partial charge in [0.1, 0.15) is 11.5 Å². The molecule has 1 aliphatic heterocycles. The first kappa shape index (κ1) is 16.1. The van der Waals surface area contributed by atoms with Crippen LogP contribution < -0.4 is 25.4 Å². The number of anilines is 1. The molecule has 1 aliphatic rings. The molecule has 1 saturated heterocycles. The molecule has 1 unspecified atom stereocenters. The molecule has 1 heterocycles. The van der Waals surface area contributed by atoms with E-state index < -0.39 is 0 Å². The Kier molecular flexibility index (Phi) is 5.60. The molecular weight excluding hydrogens is 286 g/mol. The Morgan fingerprint density at radius 3 is 2.45 bits per heavy atom. The molecule has 3 N–H and O–H groups in total. The van der Waals surface area contributed by atoms with E-state index in [2.05, 4.69) is 16.0 Å². The molecule has 1 aromatic rings. The third-order valence-electron chi connectivity index (χ3n) is 3.49. The van der Waals surface area contributed by atoms with Crippen molar-refractivity contribution in [2.45, 2.75) is 6.42 Å². The largest absolute Gasteiger partial charge is 0.497 e. The van der Waals surface area contributed by atoms with E-state index in [9.17, 15) is 9.59 Å². The van der Waals surface area contributed by atoms with Crippen molar-refractivity contribution < 1.29 is 19.1 Å². The molecule has 0 spiro atoms. The Labute approximate surface area is 129 Å². The number of carbonyl (C=O) groups is 2.